The molecule has 0 saturated carbocycles. The van der Waals surface area contributed by atoms with Gasteiger partial charge < -0.3 is 15.2 Å². The molecular weight excluding hydrogens is 242 g/mol. The second kappa shape index (κ2) is 6.70. The van der Waals surface area contributed by atoms with Crippen molar-refractivity contribution in [2.45, 2.75) is 13.3 Å². The third-order valence-electron chi connectivity index (χ3n) is 2.53. The predicted octanol–water partition coefficient (Wildman–Crippen LogP) is 2.24. The Morgan fingerprint density at radius 3 is 2.89 bits per heavy atom. The number of aromatic nitrogens is 2. The molecule has 1 heterocycles. The number of nitrogens with one attached hydrogen (secondary N) is 1. The first-order valence-corrected chi connectivity index (χ1v) is 6.27. The molecule has 0 atom stereocenters. The van der Waals surface area contributed by atoms with Gasteiger partial charge in [0.2, 0.25) is 11.8 Å². The maximum atomic E-state index is 9.03. The average Bonchev–Trinajstić information content (AvgIpc) is 2.42. The predicted molar refractivity (Wildman–Crippen MR) is 73.5 cm³/mol. The molecule has 0 unspecified atom stereocenters. The zero-order valence-electron chi connectivity index (χ0n) is 10.8. The Kier molecular flexibility index (Phi) is 4.69. The summed E-state index contributed by atoms with van der Waals surface area (Å²) in [5.74, 6) is 1.73. The summed E-state index contributed by atoms with van der Waals surface area (Å²) in [6, 6.07) is 9.30. The Labute approximate surface area is 112 Å². The number of nitrogens with zero attached hydrogens (tertiary/aromatic N) is 2. The molecule has 2 aromatic rings. The number of para-hydroxylation sites is 1. The lowest BCUT2D eigenvalue weighted by atomic mass is 10.1. The van der Waals surface area contributed by atoms with Crippen molar-refractivity contribution in [3.63, 3.8) is 0 Å². The van der Waals surface area contributed by atoms with Crippen LogP contribution in [-0.4, -0.2) is 28.2 Å². The van der Waals surface area contributed by atoms with Gasteiger partial charge in [-0.3, -0.25) is 0 Å². The standard InChI is InChI=1S/C14H17N3O2/c1-2-15-14-16-9-7-13(17-14)19-12-6-4-3-5-11(12)8-10-18/h3-7,9,18H,2,8,10H2,1H3,(H,15,16,17). The minimum Gasteiger partial charge on any atom is -0.439 e. The number of hydrogen-bond acceptors (Lipinski definition) is 5. The van der Waals surface area contributed by atoms with Crippen LogP contribution >= 0.6 is 0 Å². The summed E-state index contributed by atoms with van der Waals surface area (Å²) in [5.41, 5.74) is 0.952. The minimum absolute atomic E-state index is 0.0901. The second-order valence-corrected chi connectivity index (χ2v) is 3.93. The molecule has 0 aliphatic heterocycles. The Morgan fingerprint density at radius 1 is 1.26 bits per heavy atom. The lowest BCUT2D eigenvalue weighted by Gasteiger charge is -2.10. The molecule has 2 rings (SSSR count). The van der Waals surface area contributed by atoms with Gasteiger partial charge in [0.25, 0.3) is 0 Å². The van der Waals surface area contributed by atoms with Crippen molar-refractivity contribution in [1.29, 1.82) is 0 Å². The molecule has 5 heteroatoms. The van der Waals surface area contributed by atoms with Gasteiger partial charge in [0, 0.05) is 25.4 Å². The number of benzene rings is 1. The lowest BCUT2D eigenvalue weighted by Crippen LogP contribution is -2.03. The van der Waals surface area contributed by atoms with E-state index in [2.05, 4.69) is 15.3 Å². The smallest absolute Gasteiger partial charge is 0.225 e. The molecular formula is C14H17N3O2. The van der Waals surface area contributed by atoms with Crippen molar-refractivity contribution in [3.8, 4) is 11.6 Å². The molecule has 0 aliphatic rings. The number of anilines is 1. The summed E-state index contributed by atoms with van der Waals surface area (Å²) in [7, 11) is 0. The van der Waals surface area contributed by atoms with Crippen LogP contribution in [0.1, 0.15) is 12.5 Å². The molecule has 1 aromatic heterocycles. The van der Waals surface area contributed by atoms with Crippen LogP contribution in [0.3, 0.4) is 0 Å². The van der Waals surface area contributed by atoms with Crippen molar-refractivity contribution < 1.29 is 9.84 Å². The van der Waals surface area contributed by atoms with E-state index in [1.54, 1.807) is 12.3 Å². The second-order valence-electron chi connectivity index (χ2n) is 3.93. The summed E-state index contributed by atoms with van der Waals surface area (Å²) in [6.45, 7) is 2.82. The highest BCUT2D eigenvalue weighted by atomic mass is 16.5. The number of aliphatic hydroxyl groups is 1. The molecule has 1 aromatic carbocycles. The summed E-state index contributed by atoms with van der Waals surface area (Å²) in [5, 5.41) is 12.1. The molecule has 0 saturated heterocycles. The van der Waals surface area contributed by atoms with Gasteiger partial charge in [-0.1, -0.05) is 18.2 Å². The number of rotatable bonds is 6. The topological polar surface area (TPSA) is 67.3 Å². The van der Waals surface area contributed by atoms with E-state index < -0.39 is 0 Å². The van der Waals surface area contributed by atoms with E-state index in [1.807, 2.05) is 31.2 Å². The summed E-state index contributed by atoms with van der Waals surface area (Å²) in [4.78, 5) is 8.34. The lowest BCUT2D eigenvalue weighted by molar-refractivity contribution is 0.297. The zero-order chi connectivity index (χ0) is 13.5. The van der Waals surface area contributed by atoms with Crippen molar-refractivity contribution in [2.75, 3.05) is 18.5 Å². The van der Waals surface area contributed by atoms with E-state index in [9.17, 15) is 0 Å². The van der Waals surface area contributed by atoms with Crippen LogP contribution in [0.15, 0.2) is 36.5 Å². The van der Waals surface area contributed by atoms with Crippen LogP contribution in [0, 0.1) is 0 Å². The molecule has 19 heavy (non-hydrogen) atoms. The van der Waals surface area contributed by atoms with E-state index in [1.165, 1.54) is 0 Å². The fourth-order valence-electron chi connectivity index (χ4n) is 1.69. The third-order valence-corrected chi connectivity index (χ3v) is 2.53. The van der Waals surface area contributed by atoms with Crippen LogP contribution in [0.5, 0.6) is 11.6 Å². The molecule has 5 nitrogen and oxygen atoms in total. The van der Waals surface area contributed by atoms with Gasteiger partial charge in [0.1, 0.15) is 5.75 Å². The summed E-state index contributed by atoms with van der Waals surface area (Å²) in [6.07, 6.45) is 2.20. The quantitative estimate of drug-likeness (QED) is 0.832. The SMILES string of the molecule is CCNc1nccc(Oc2ccccc2CCO)n1. The fourth-order valence-corrected chi connectivity index (χ4v) is 1.69. The third kappa shape index (κ3) is 3.66. The Hall–Kier alpha value is -2.14. The normalized spacial score (nSPS) is 10.2. The van der Waals surface area contributed by atoms with E-state index >= 15 is 0 Å². The minimum atomic E-state index is 0.0901. The molecule has 100 valence electrons. The summed E-state index contributed by atoms with van der Waals surface area (Å²) >= 11 is 0. The van der Waals surface area contributed by atoms with Gasteiger partial charge in [-0.25, -0.2) is 4.98 Å². The van der Waals surface area contributed by atoms with Crippen LogP contribution < -0.4 is 10.1 Å². The highest BCUT2D eigenvalue weighted by Crippen LogP contribution is 2.24. The Morgan fingerprint density at radius 2 is 2.11 bits per heavy atom. The van der Waals surface area contributed by atoms with Crippen LogP contribution in [-0.2, 0) is 6.42 Å². The largest absolute Gasteiger partial charge is 0.439 e. The van der Waals surface area contributed by atoms with Crippen LogP contribution in [0.25, 0.3) is 0 Å². The molecule has 0 spiro atoms. The maximum Gasteiger partial charge on any atom is 0.225 e. The molecule has 0 fully saturated rings. The van der Waals surface area contributed by atoms with Crippen LogP contribution in [0.2, 0.25) is 0 Å². The molecule has 0 bridgehead atoms. The summed E-state index contributed by atoms with van der Waals surface area (Å²) < 4.78 is 5.75. The van der Waals surface area contributed by atoms with E-state index in [0.717, 1.165) is 12.1 Å². The number of ether oxygens (including phenoxy) is 1. The van der Waals surface area contributed by atoms with Gasteiger partial charge in [0.15, 0.2) is 0 Å². The fraction of sp³-hybridized carbons (Fsp3) is 0.286. The Bertz CT molecular complexity index is 532. The number of hydrogen-bond donors (Lipinski definition) is 2. The van der Waals surface area contributed by atoms with Crippen molar-refractivity contribution >= 4 is 5.95 Å². The molecule has 0 aliphatic carbocycles. The first-order valence-electron chi connectivity index (χ1n) is 6.27. The van der Waals surface area contributed by atoms with Gasteiger partial charge in [-0.05, 0) is 25.0 Å². The van der Waals surface area contributed by atoms with Gasteiger partial charge in [0.05, 0.1) is 0 Å². The molecule has 0 radical (unpaired) electrons. The van der Waals surface area contributed by atoms with E-state index in [-0.39, 0.29) is 6.61 Å². The maximum absolute atomic E-state index is 9.03. The van der Waals surface area contributed by atoms with Crippen molar-refractivity contribution in [2.24, 2.45) is 0 Å². The van der Waals surface area contributed by atoms with Gasteiger partial charge >= 0.3 is 0 Å². The average molecular weight is 259 g/mol. The highest BCUT2D eigenvalue weighted by Gasteiger charge is 2.05. The highest BCUT2D eigenvalue weighted by molar-refractivity contribution is 5.37. The number of aliphatic hydroxyl groups excluding tert-OH is 1. The zero-order valence-corrected chi connectivity index (χ0v) is 10.8. The molecule has 2 N–H and O–H groups in total. The van der Waals surface area contributed by atoms with Crippen molar-refractivity contribution in [3.05, 3.63) is 42.1 Å². The molecule has 0 amide bonds. The van der Waals surface area contributed by atoms with Crippen LogP contribution in [0.4, 0.5) is 5.95 Å². The van der Waals surface area contributed by atoms with E-state index in [0.29, 0.717) is 24.0 Å². The Balaban J connectivity index is 2.18. The van der Waals surface area contributed by atoms with Gasteiger partial charge in [-0.2, -0.15) is 4.98 Å². The van der Waals surface area contributed by atoms with Gasteiger partial charge in [-0.15, -0.1) is 0 Å². The first-order chi connectivity index (χ1) is 9.33. The first kappa shape index (κ1) is 13.3. The van der Waals surface area contributed by atoms with Crippen molar-refractivity contribution in [1.82, 2.24) is 9.97 Å². The monoisotopic (exact) mass is 259 g/mol. The van der Waals surface area contributed by atoms with E-state index in [4.69, 9.17) is 9.84 Å².